The van der Waals surface area contributed by atoms with Crippen LogP contribution in [-0.4, -0.2) is 35.0 Å². The Morgan fingerprint density at radius 2 is 1.84 bits per heavy atom. The number of amides is 1. The second-order valence-electron chi connectivity index (χ2n) is 8.07. The number of pyridine rings is 1. The number of hydrogen-bond donors (Lipinski definition) is 1. The highest BCUT2D eigenvalue weighted by molar-refractivity contribution is 7.59. The molecule has 2 aromatic rings. The van der Waals surface area contributed by atoms with Gasteiger partial charge in [0.2, 0.25) is 0 Å². The summed E-state index contributed by atoms with van der Waals surface area (Å²) in [5, 5.41) is 2.81. The van der Waals surface area contributed by atoms with Gasteiger partial charge in [0.05, 0.1) is 6.54 Å². The molecule has 1 amide bonds. The standard InChI is InChI=1S/C21H21ClF3N3O3.H2S/c1-20(2,3)31-19(30)26-14-11-28(18-9-5-8-17(27-18)21(23,24)25)15-7-4-6-13(22)12(15)10-16(14)29;/h4-9,14H,10-11H2,1-3H3,(H,26,30);1H2/t14-;/m0./s1. The zero-order valence-electron chi connectivity index (χ0n) is 17.6. The number of nitrogens with one attached hydrogen (secondary N) is 1. The van der Waals surface area contributed by atoms with E-state index in [9.17, 15) is 22.8 Å². The van der Waals surface area contributed by atoms with Crippen molar-refractivity contribution >= 4 is 48.5 Å². The Balaban J connectivity index is 0.00000363. The molecule has 1 aromatic carbocycles. The van der Waals surface area contributed by atoms with Crippen LogP contribution in [0.3, 0.4) is 0 Å². The molecule has 3 rings (SSSR count). The molecule has 0 fully saturated rings. The lowest BCUT2D eigenvalue weighted by molar-refractivity contribution is -0.141. The van der Waals surface area contributed by atoms with Crippen LogP contribution in [0.2, 0.25) is 5.02 Å². The second-order valence-corrected chi connectivity index (χ2v) is 8.48. The van der Waals surface area contributed by atoms with Crippen LogP contribution in [0.1, 0.15) is 32.0 Å². The van der Waals surface area contributed by atoms with Gasteiger partial charge in [0, 0.05) is 22.7 Å². The monoisotopic (exact) mass is 489 g/mol. The van der Waals surface area contributed by atoms with Gasteiger partial charge in [-0.3, -0.25) is 4.79 Å². The van der Waals surface area contributed by atoms with E-state index in [2.05, 4.69) is 10.3 Å². The molecular formula is C21H23ClF3N3O3S. The molecule has 0 unspecified atom stereocenters. The fourth-order valence-electron chi connectivity index (χ4n) is 3.18. The molecule has 32 heavy (non-hydrogen) atoms. The summed E-state index contributed by atoms with van der Waals surface area (Å²) < 4.78 is 44.9. The quantitative estimate of drug-likeness (QED) is 0.641. The summed E-state index contributed by atoms with van der Waals surface area (Å²) in [5.41, 5.74) is -0.962. The first-order chi connectivity index (χ1) is 14.3. The van der Waals surface area contributed by atoms with Gasteiger partial charge in [0.25, 0.3) is 0 Å². The fraction of sp³-hybridized carbons (Fsp3) is 0.381. The van der Waals surface area contributed by atoms with Crippen LogP contribution in [-0.2, 0) is 22.1 Å². The maximum Gasteiger partial charge on any atom is 0.433 e. The van der Waals surface area contributed by atoms with Crippen molar-refractivity contribution in [1.82, 2.24) is 10.3 Å². The number of hydrogen-bond acceptors (Lipinski definition) is 5. The van der Waals surface area contributed by atoms with Gasteiger partial charge in [-0.2, -0.15) is 26.7 Å². The van der Waals surface area contributed by atoms with Crippen molar-refractivity contribution in [2.45, 2.75) is 45.0 Å². The van der Waals surface area contributed by atoms with Gasteiger partial charge in [-0.1, -0.05) is 23.7 Å². The number of carbonyl (C=O) groups excluding carboxylic acids is 2. The lowest BCUT2D eigenvalue weighted by Gasteiger charge is -2.28. The molecule has 1 N–H and O–H groups in total. The molecule has 174 valence electrons. The molecule has 0 radical (unpaired) electrons. The summed E-state index contributed by atoms with van der Waals surface area (Å²) >= 11 is 6.29. The van der Waals surface area contributed by atoms with Crippen molar-refractivity contribution in [2.24, 2.45) is 0 Å². The highest BCUT2D eigenvalue weighted by Crippen LogP contribution is 2.36. The zero-order valence-corrected chi connectivity index (χ0v) is 19.3. The molecule has 0 saturated carbocycles. The number of rotatable bonds is 2. The third kappa shape index (κ3) is 6.07. The summed E-state index contributed by atoms with van der Waals surface area (Å²) in [6.45, 7) is 4.89. The first-order valence-corrected chi connectivity index (χ1v) is 9.84. The van der Waals surface area contributed by atoms with E-state index in [-0.39, 0.29) is 38.1 Å². The van der Waals surface area contributed by atoms with Crippen molar-refractivity contribution in [2.75, 3.05) is 11.4 Å². The van der Waals surface area contributed by atoms with Crippen molar-refractivity contribution in [3.8, 4) is 0 Å². The fourth-order valence-corrected chi connectivity index (χ4v) is 3.42. The second kappa shape index (κ2) is 9.58. The SMILES string of the molecule is CC(C)(C)OC(=O)N[C@H]1CN(c2cccc(C(F)(F)F)n2)c2cccc(Cl)c2CC1=O.S. The highest BCUT2D eigenvalue weighted by Gasteiger charge is 2.35. The van der Waals surface area contributed by atoms with E-state index in [0.717, 1.165) is 6.07 Å². The lowest BCUT2D eigenvalue weighted by atomic mass is 10.0. The average molecular weight is 490 g/mol. The number of carbonyl (C=O) groups is 2. The number of Topliss-reactive ketones (excluding diaryl/α,β-unsaturated/α-hetero) is 1. The van der Waals surface area contributed by atoms with Crippen molar-refractivity contribution in [1.29, 1.82) is 0 Å². The van der Waals surface area contributed by atoms with Gasteiger partial charge < -0.3 is 15.0 Å². The number of alkyl halides is 3. The van der Waals surface area contributed by atoms with Crippen LogP contribution in [0.4, 0.5) is 29.5 Å². The summed E-state index contributed by atoms with van der Waals surface area (Å²) in [4.78, 5) is 30.3. The van der Waals surface area contributed by atoms with Gasteiger partial charge in [0.1, 0.15) is 23.2 Å². The summed E-state index contributed by atoms with van der Waals surface area (Å²) in [7, 11) is 0. The van der Waals surface area contributed by atoms with E-state index in [1.165, 1.54) is 17.0 Å². The number of fused-ring (bicyclic) bond motifs is 1. The van der Waals surface area contributed by atoms with E-state index in [4.69, 9.17) is 16.3 Å². The number of benzene rings is 1. The summed E-state index contributed by atoms with van der Waals surface area (Å²) in [5.74, 6) is -0.376. The zero-order chi connectivity index (χ0) is 23.0. The molecule has 1 aliphatic rings. The molecule has 2 heterocycles. The largest absolute Gasteiger partial charge is 0.444 e. The number of aromatic nitrogens is 1. The van der Waals surface area contributed by atoms with E-state index < -0.39 is 29.6 Å². The highest BCUT2D eigenvalue weighted by atomic mass is 35.5. The average Bonchev–Trinajstić information content (AvgIpc) is 2.78. The number of ether oxygens (including phenoxy) is 1. The number of alkyl carbamates (subject to hydrolysis) is 1. The van der Waals surface area contributed by atoms with Gasteiger partial charge >= 0.3 is 12.3 Å². The van der Waals surface area contributed by atoms with Gasteiger partial charge in [-0.25, -0.2) is 9.78 Å². The van der Waals surface area contributed by atoms with Crippen LogP contribution in [0.5, 0.6) is 0 Å². The van der Waals surface area contributed by atoms with Gasteiger partial charge in [-0.05, 0) is 45.0 Å². The van der Waals surface area contributed by atoms with Crippen molar-refractivity contribution in [3.05, 3.63) is 52.7 Å². The minimum atomic E-state index is -4.64. The normalized spacial score (nSPS) is 16.5. The Bertz CT molecular complexity index is 1010. The molecule has 1 aromatic heterocycles. The smallest absolute Gasteiger partial charge is 0.433 e. The number of ketones is 1. The minimum Gasteiger partial charge on any atom is -0.444 e. The first kappa shape index (κ1) is 25.8. The topological polar surface area (TPSA) is 71.5 Å². The molecule has 1 aliphatic heterocycles. The Kier molecular flexibility index (Phi) is 7.72. The Hall–Kier alpha value is -2.46. The molecule has 0 bridgehead atoms. The summed E-state index contributed by atoms with van der Waals surface area (Å²) in [6.07, 6.45) is -5.55. The predicted molar refractivity (Wildman–Crippen MR) is 120 cm³/mol. The Labute approximate surface area is 195 Å². The van der Waals surface area contributed by atoms with Crippen LogP contribution in [0.25, 0.3) is 0 Å². The third-order valence-corrected chi connectivity index (χ3v) is 4.84. The first-order valence-electron chi connectivity index (χ1n) is 9.46. The van der Waals surface area contributed by atoms with E-state index in [1.807, 2.05) is 0 Å². The Morgan fingerprint density at radius 3 is 2.47 bits per heavy atom. The minimum absolute atomic E-state index is 0. The van der Waals surface area contributed by atoms with E-state index >= 15 is 0 Å². The van der Waals surface area contributed by atoms with Crippen LogP contribution >= 0.6 is 25.1 Å². The number of anilines is 2. The maximum atomic E-state index is 13.2. The number of halogens is 4. The lowest BCUT2D eigenvalue weighted by Crippen LogP contribution is -2.48. The van der Waals surface area contributed by atoms with Crippen LogP contribution in [0.15, 0.2) is 36.4 Å². The van der Waals surface area contributed by atoms with E-state index in [1.54, 1.807) is 39.0 Å². The van der Waals surface area contributed by atoms with Crippen LogP contribution in [0, 0.1) is 0 Å². The van der Waals surface area contributed by atoms with E-state index in [0.29, 0.717) is 16.3 Å². The summed E-state index contributed by atoms with van der Waals surface area (Å²) in [6, 6.07) is 7.32. The van der Waals surface area contributed by atoms with Gasteiger partial charge in [0.15, 0.2) is 5.78 Å². The molecule has 0 aliphatic carbocycles. The van der Waals surface area contributed by atoms with Crippen molar-refractivity contribution < 1.29 is 27.5 Å². The molecule has 0 spiro atoms. The third-order valence-electron chi connectivity index (χ3n) is 4.48. The molecule has 1 atom stereocenters. The van der Waals surface area contributed by atoms with Gasteiger partial charge in [-0.15, -0.1) is 0 Å². The predicted octanol–water partition coefficient (Wildman–Crippen LogP) is 5.02. The molecule has 0 saturated heterocycles. The molecule has 6 nitrogen and oxygen atoms in total. The molecular weight excluding hydrogens is 467 g/mol. The number of nitrogens with zero attached hydrogens (tertiary/aromatic N) is 2. The van der Waals surface area contributed by atoms with Crippen LogP contribution < -0.4 is 10.2 Å². The van der Waals surface area contributed by atoms with Crippen molar-refractivity contribution in [3.63, 3.8) is 0 Å². The Morgan fingerprint density at radius 1 is 1.19 bits per heavy atom. The molecule has 11 heteroatoms. The maximum absolute atomic E-state index is 13.2.